The van der Waals surface area contributed by atoms with E-state index in [0.29, 0.717) is 22.6 Å². The van der Waals surface area contributed by atoms with E-state index < -0.39 is 23.3 Å². The van der Waals surface area contributed by atoms with Crippen LogP contribution in [0.3, 0.4) is 0 Å². The number of aryl methyl sites for hydroxylation is 4. The van der Waals surface area contributed by atoms with E-state index in [0.717, 1.165) is 16.7 Å². The van der Waals surface area contributed by atoms with E-state index in [4.69, 9.17) is 13.9 Å². The lowest BCUT2D eigenvalue weighted by Crippen LogP contribution is -2.36. The quantitative estimate of drug-likeness (QED) is 0.269. The maximum atomic E-state index is 13.9. The molecule has 2 heterocycles. The van der Waals surface area contributed by atoms with Gasteiger partial charge in [0.25, 0.3) is 0 Å². The van der Waals surface area contributed by atoms with Gasteiger partial charge < -0.3 is 13.9 Å². The standard InChI is InChI=1S/C33H34O4/c1-20-13-15-24(17-22(20)3)28-19-27(29(35-28)25-16-14-21(2)23(4)18-25)33(26-11-9-8-10-12-26)30(34)36-31(37-33)32(5,6)7/h8-19,31H,1-7H3/t31-,33-/m1/s1. The fraction of sp³-hybridized carbons (Fsp3) is 0.303. The Bertz CT molecular complexity index is 1470. The number of carbonyl (C=O) groups is 1. The van der Waals surface area contributed by atoms with Crippen molar-refractivity contribution in [3.63, 3.8) is 0 Å². The molecule has 4 aromatic rings. The molecular formula is C33H34O4. The molecule has 4 heteroatoms. The van der Waals surface area contributed by atoms with Gasteiger partial charge in [0.05, 0.1) is 0 Å². The van der Waals surface area contributed by atoms with Crippen LogP contribution in [0.4, 0.5) is 0 Å². The predicted molar refractivity (Wildman–Crippen MR) is 146 cm³/mol. The van der Waals surface area contributed by atoms with Crippen molar-refractivity contribution in [2.45, 2.75) is 60.4 Å². The van der Waals surface area contributed by atoms with E-state index in [1.54, 1.807) is 0 Å². The van der Waals surface area contributed by atoms with Gasteiger partial charge >= 0.3 is 5.97 Å². The van der Waals surface area contributed by atoms with Crippen LogP contribution in [0, 0.1) is 33.1 Å². The molecule has 2 atom stereocenters. The zero-order valence-corrected chi connectivity index (χ0v) is 22.6. The Labute approximate surface area is 219 Å². The van der Waals surface area contributed by atoms with Gasteiger partial charge in [-0.05, 0) is 73.7 Å². The van der Waals surface area contributed by atoms with E-state index in [9.17, 15) is 4.79 Å². The zero-order chi connectivity index (χ0) is 26.5. The molecule has 0 unspecified atom stereocenters. The Balaban J connectivity index is 1.81. The summed E-state index contributed by atoms with van der Waals surface area (Å²) in [6, 6.07) is 24.0. The minimum absolute atomic E-state index is 0.409. The summed E-state index contributed by atoms with van der Waals surface area (Å²) in [6.07, 6.45) is -0.715. The van der Waals surface area contributed by atoms with Crippen LogP contribution < -0.4 is 0 Å². The van der Waals surface area contributed by atoms with Crippen LogP contribution in [-0.4, -0.2) is 12.3 Å². The molecule has 4 nitrogen and oxygen atoms in total. The maximum absolute atomic E-state index is 13.9. The Hall–Kier alpha value is -3.63. The molecule has 1 aliphatic rings. The molecule has 190 valence electrons. The first kappa shape index (κ1) is 25.0. The van der Waals surface area contributed by atoms with Crippen molar-refractivity contribution >= 4 is 5.97 Å². The summed E-state index contributed by atoms with van der Waals surface area (Å²) in [5, 5.41) is 0. The maximum Gasteiger partial charge on any atom is 0.350 e. The lowest BCUT2D eigenvalue weighted by molar-refractivity contribution is -0.155. The molecule has 37 heavy (non-hydrogen) atoms. The molecule has 1 fully saturated rings. The topological polar surface area (TPSA) is 48.7 Å². The largest absolute Gasteiger partial charge is 0.456 e. The van der Waals surface area contributed by atoms with Crippen LogP contribution in [0.2, 0.25) is 0 Å². The summed E-state index contributed by atoms with van der Waals surface area (Å²) in [5.74, 6) is 0.847. The number of cyclic esters (lactones) is 1. The number of hydrogen-bond donors (Lipinski definition) is 0. The third-order valence-corrected chi connectivity index (χ3v) is 7.34. The number of benzene rings is 3. The van der Waals surface area contributed by atoms with Gasteiger partial charge in [-0.15, -0.1) is 0 Å². The summed E-state index contributed by atoms with van der Waals surface area (Å²) in [4.78, 5) is 13.9. The Morgan fingerprint density at radius 2 is 1.32 bits per heavy atom. The summed E-state index contributed by atoms with van der Waals surface area (Å²) in [5.41, 5.74) is 6.03. The normalized spacial score (nSPS) is 19.8. The molecule has 0 radical (unpaired) electrons. The van der Waals surface area contributed by atoms with Gasteiger partial charge in [0.15, 0.2) is 0 Å². The lowest BCUT2D eigenvalue weighted by atomic mass is 9.84. The van der Waals surface area contributed by atoms with Crippen molar-refractivity contribution < 1.29 is 18.7 Å². The highest BCUT2D eigenvalue weighted by atomic mass is 16.8. The van der Waals surface area contributed by atoms with Gasteiger partial charge in [0.2, 0.25) is 11.9 Å². The number of furan rings is 1. The number of esters is 1. The highest BCUT2D eigenvalue weighted by Gasteiger charge is 2.57. The van der Waals surface area contributed by atoms with E-state index in [-0.39, 0.29) is 0 Å². The van der Waals surface area contributed by atoms with Crippen LogP contribution in [-0.2, 0) is 19.9 Å². The van der Waals surface area contributed by atoms with Gasteiger partial charge in [0.1, 0.15) is 11.5 Å². The van der Waals surface area contributed by atoms with Crippen LogP contribution in [0.1, 0.15) is 54.2 Å². The third-order valence-electron chi connectivity index (χ3n) is 7.34. The van der Waals surface area contributed by atoms with Crippen molar-refractivity contribution in [2.75, 3.05) is 0 Å². The van der Waals surface area contributed by atoms with E-state index >= 15 is 0 Å². The van der Waals surface area contributed by atoms with Gasteiger partial charge in [0, 0.05) is 22.1 Å². The minimum Gasteiger partial charge on any atom is -0.456 e. The average molecular weight is 495 g/mol. The first-order chi connectivity index (χ1) is 17.5. The van der Waals surface area contributed by atoms with Crippen molar-refractivity contribution in [3.05, 3.63) is 106 Å². The molecule has 1 aromatic heterocycles. The second-order valence-electron chi connectivity index (χ2n) is 11.2. The molecule has 0 spiro atoms. The van der Waals surface area contributed by atoms with Crippen molar-refractivity contribution in [1.29, 1.82) is 0 Å². The summed E-state index contributed by atoms with van der Waals surface area (Å²) < 4.78 is 19.2. The van der Waals surface area contributed by atoms with E-state index in [1.807, 2.05) is 63.2 Å². The molecular weight excluding hydrogens is 460 g/mol. The van der Waals surface area contributed by atoms with Crippen LogP contribution in [0.25, 0.3) is 22.6 Å². The molecule has 1 saturated heterocycles. The average Bonchev–Trinajstić information content (AvgIpc) is 3.46. The predicted octanol–water partition coefficient (Wildman–Crippen LogP) is 8.04. The van der Waals surface area contributed by atoms with Gasteiger partial charge in [-0.25, -0.2) is 4.79 Å². The number of rotatable bonds is 4. The molecule has 0 bridgehead atoms. The van der Waals surface area contributed by atoms with Crippen LogP contribution in [0.5, 0.6) is 0 Å². The van der Waals surface area contributed by atoms with Crippen molar-refractivity contribution in [3.8, 4) is 22.6 Å². The monoisotopic (exact) mass is 494 g/mol. The van der Waals surface area contributed by atoms with Gasteiger partial charge in [-0.2, -0.15) is 0 Å². The van der Waals surface area contributed by atoms with Gasteiger partial charge in [-0.1, -0.05) is 75.4 Å². The third kappa shape index (κ3) is 4.30. The lowest BCUT2D eigenvalue weighted by Gasteiger charge is -2.29. The second-order valence-corrected chi connectivity index (χ2v) is 11.2. The summed E-state index contributed by atoms with van der Waals surface area (Å²) in [6.45, 7) is 14.4. The number of hydrogen-bond acceptors (Lipinski definition) is 4. The summed E-state index contributed by atoms with van der Waals surface area (Å²) >= 11 is 0. The fourth-order valence-corrected chi connectivity index (χ4v) is 4.74. The fourth-order valence-electron chi connectivity index (χ4n) is 4.74. The Kier molecular flexibility index (Phi) is 6.12. The molecule has 3 aromatic carbocycles. The van der Waals surface area contributed by atoms with Crippen LogP contribution in [0.15, 0.2) is 77.2 Å². The molecule has 5 rings (SSSR count). The number of carbonyl (C=O) groups excluding carboxylic acids is 1. The highest BCUT2D eigenvalue weighted by Crippen LogP contribution is 2.50. The smallest absolute Gasteiger partial charge is 0.350 e. The SMILES string of the molecule is Cc1ccc(-c2cc([C@@]3(c4ccccc4)O[C@H](C(C)(C)C)OC3=O)c(-c3ccc(C)c(C)c3)o2)cc1C. The molecule has 1 aliphatic heterocycles. The van der Waals surface area contributed by atoms with Crippen molar-refractivity contribution in [1.82, 2.24) is 0 Å². The Morgan fingerprint density at radius 1 is 0.730 bits per heavy atom. The minimum atomic E-state index is -1.46. The first-order valence-electron chi connectivity index (χ1n) is 12.7. The first-order valence-corrected chi connectivity index (χ1v) is 12.7. The molecule has 0 N–H and O–H groups in total. The molecule has 0 amide bonds. The molecule has 0 aliphatic carbocycles. The van der Waals surface area contributed by atoms with Crippen molar-refractivity contribution in [2.24, 2.45) is 5.41 Å². The van der Waals surface area contributed by atoms with Crippen LogP contribution >= 0.6 is 0 Å². The number of ether oxygens (including phenoxy) is 2. The Morgan fingerprint density at radius 3 is 1.89 bits per heavy atom. The van der Waals surface area contributed by atoms with E-state index in [2.05, 4.69) is 58.0 Å². The van der Waals surface area contributed by atoms with Gasteiger partial charge in [-0.3, -0.25) is 0 Å². The zero-order valence-electron chi connectivity index (χ0n) is 22.6. The van der Waals surface area contributed by atoms with E-state index in [1.165, 1.54) is 16.7 Å². The molecule has 0 saturated carbocycles. The highest BCUT2D eigenvalue weighted by molar-refractivity contribution is 5.90. The second kappa shape index (κ2) is 9.04. The summed E-state index contributed by atoms with van der Waals surface area (Å²) in [7, 11) is 0.